The van der Waals surface area contributed by atoms with E-state index in [1.54, 1.807) is 7.11 Å². The van der Waals surface area contributed by atoms with Crippen molar-refractivity contribution in [3.8, 4) is 11.5 Å². The minimum atomic E-state index is -0.877. The van der Waals surface area contributed by atoms with Gasteiger partial charge in [0.2, 0.25) is 11.8 Å². The van der Waals surface area contributed by atoms with Crippen LogP contribution >= 0.6 is 0 Å². The zero-order valence-electron chi connectivity index (χ0n) is 27.1. The van der Waals surface area contributed by atoms with Crippen LogP contribution in [0.3, 0.4) is 0 Å². The van der Waals surface area contributed by atoms with E-state index < -0.39 is 18.0 Å². The predicted molar refractivity (Wildman–Crippen MR) is 186 cm³/mol. The molecule has 5 rings (SSSR count). The van der Waals surface area contributed by atoms with E-state index in [0.717, 1.165) is 28.7 Å². The maximum absolute atomic E-state index is 14.4. The molecule has 47 heavy (non-hydrogen) atoms. The molecule has 0 fully saturated rings. The van der Waals surface area contributed by atoms with Crippen molar-refractivity contribution >= 4 is 11.8 Å². The molecule has 6 heteroatoms. The highest BCUT2D eigenvalue weighted by Crippen LogP contribution is 2.33. The molecule has 5 aromatic carbocycles. The summed E-state index contributed by atoms with van der Waals surface area (Å²) in [5.74, 6) is -0.108. The average molecular weight is 627 g/mol. The molecule has 0 heterocycles. The number of ether oxygens (including phenoxy) is 2. The first-order valence-corrected chi connectivity index (χ1v) is 16.1. The Kier molecular flexibility index (Phi) is 11.4. The Morgan fingerprint density at radius 1 is 0.553 bits per heavy atom. The Morgan fingerprint density at radius 2 is 0.957 bits per heavy atom. The van der Waals surface area contributed by atoms with Crippen LogP contribution in [-0.4, -0.2) is 25.5 Å². The van der Waals surface area contributed by atoms with Gasteiger partial charge in [-0.15, -0.1) is 0 Å². The van der Waals surface area contributed by atoms with Crippen LogP contribution in [0.15, 0.2) is 140 Å². The van der Waals surface area contributed by atoms with Crippen molar-refractivity contribution in [1.29, 1.82) is 0 Å². The highest BCUT2D eigenvalue weighted by molar-refractivity contribution is 5.90. The zero-order valence-corrected chi connectivity index (χ0v) is 27.1. The van der Waals surface area contributed by atoms with Gasteiger partial charge in [0.05, 0.1) is 25.6 Å². The standard InChI is InChI=1S/C41H42N2O4/c1-29(2)26-27-47-36-28-34(24-25-35(36)46-3)39(42-40(44)37(30-16-8-4-9-17-30)31-18-10-5-11-19-31)43-41(45)38(32-20-12-6-13-21-32)33-22-14-7-15-23-33/h4-25,28-29,37-39H,26-27H2,1-3H3,(H,42,44)(H,43,45). The van der Waals surface area contributed by atoms with E-state index in [2.05, 4.69) is 24.5 Å². The van der Waals surface area contributed by atoms with E-state index in [1.165, 1.54) is 0 Å². The number of nitrogens with one attached hydrogen (secondary N) is 2. The van der Waals surface area contributed by atoms with Gasteiger partial charge in [-0.05, 0) is 52.3 Å². The van der Waals surface area contributed by atoms with Gasteiger partial charge in [-0.25, -0.2) is 0 Å². The molecule has 6 nitrogen and oxygen atoms in total. The molecule has 0 saturated carbocycles. The summed E-state index contributed by atoms with van der Waals surface area (Å²) in [5, 5.41) is 6.38. The minimum absolute atomic E-state index is 0.248. The summed E-state index contributed by atoms with van der Waals surface area (Å²) in [5.41, 5.74) is 4.05. The Morgan fingerprint density at radius 3 is 1.32 bits per heavy atom. The van der Waals surface area contributed by atoms with Crippen molar-refractivity contribution in [1.82, 2.24) is 10.6 Å². The molecule has 2 N–H and O–H groups in total. The van der Waals surface area contributed by atoms with Gasteiger partial charge in [0.25, 0.3) is 0 Å². The molecule has 240 valence electrons. The highest BCUT2D eigenvalue weighted by atomic mass is 16.5. The number of rotatable bonds is 14. The Bertz CT molecular complexity index is 1530. The molecule has 0 aromatic heterocycles. The van der Waals surface area contributed by atoms with Gasteiger partial charge in [-0.1, -0.05) is 141 Å². The Hall–Kier alpha value is -5.36. The molecular formula is C41H42N2O4. The van der Waals surface area contributed by atoms with Crippen molar-refractivity contribution in [2.45, 2.75) is 38.3 Å². The van der Waals surface area contributed by atoms with Gasteiger partial charge in [-0.3, -0.25) is 9.59 Å². The van der Waals surface area contributed by atoms with Crippen LogP contribution in [-0.2, 0) is 9.59 Å². The summed E-state index contributed by atoms with van der Waals surface area (Å²) < 4.78 is 11.8. The molecule has 0 aliphatic heterocycles. The molecule has 0 spiro atoms. The second-order valence-electron chi connectivity index (χ2n) is 11.9. The first-order valence-electron chi connectivity index (χ1n) is 16.1. The van der Waals surface area contributed by atoms with E-state index in [-0.39, 0.29) is 11.8 Å². The van der Waals surface area contributed by atoms with Gasteiger partial charge in [0.15, 0.2) is 11.5 Å². The Balaban J connectivity index is 1.54. The van der Waals surface area contributed by atoms with Gasteiger partial charge in [0, 0.05) is 0 Å². The third kappa shape index (κ3) is 8.67. The van der Waals surface area contributed by atoms with E-state index in [1.807, 2.05) is 140 Å². The fourth-order valence-corrected chi connectivity index (χ4v) is 5.62. The lowest BCUT2D eigenvalue weighted by atomic mass is 9.89. The molecule has 0 saturated heterocycles. The average Bonchev–Trinajstić information content (AvgIpc) is 3.10. The lowest BCUT2D eigenvalue weighted by Crippen LogP contribution is -2.44. The van der Waals surface area contributed by atoms with Crippen LogP contribution in [0.2, 0.25) is 0 Å². The summed E-state index contributed by atoms with van der Waals surface area (Å²) in [7, 11) is 1.60. The van der Waals surface area contributed by atoms with Crippen LogP contribution in [0.1, 0.15) is 66.1 Å². The van der Waals surface area contributed by atoms with Crippen molar-refractivity contribution in [2.24, 2.45) is 5.92 Å². The number of hydrogen-bond acceptors (Lipinski definition) is 4. The van der Waals surface area contributed by atoms with Gasteiger partial charge in [-0.2, -0.15) is 0 Å². The summed E-state index contributed by atoms with van der Waals surface area (Å²) in [6, 6.07) is 44.1. The SMILES string of the molecule is COc1ccc(C(NC(=O)C(c2ccccc2)c2ccccc2)NC(=O)C(c2ccccc2)c2ccccc2)cc1OCCC(C)C. The first kappa shape index (κ1) is 33.0. The van der Waals surface area contributed by atoms with Gasteiger partial charge >= 0.3 is 0 Å². The summed E-state index contributed by atoms with van der Waals surface area (Å²) >= 11 is 0. The number of methoxy groups -OCH3 is 1. The van der Waals surface area contributed by atoms with Crippen LogP contribution in [0.5, 0.6) is 11.5 Å². The second kappa shape index (κ2) is 16.3. The fourth-order valence-electron chi connectivity index (χ4n) is 5.62. The largest absolute Gasteiger partial charge is 0.493 e. The highest BCUT2D eigenvalue weighted by Gasteiger charge is 2.30. The van der Waals surface area contributed by atoms with E-state index in [4.69, 9.17) is 9.47 Å². The zero-order chi connectivity index (χ0) is 33.0. The second-order valence-corrected chi connectivity index (χ2v) is 11.9. The van der Waals surface area contributed by atoms with Crippen molar-refractivity contribution in [3.63, 3.8) is 0 Å². The maximum atomic E-state index is 14.4. The molecule has 0 unspecified atom stereocenters. The number of carbonyl (C=O) groups is 2. The number of amides is 2. The van der Waals surface area contributed by atoms with Crippen molar-refractivity contribution in [2.75, 3.05) is 13.7 Å². The quantitative estimate of drug-likeness (QED) is 0.122. The number of benzene rings is 5. The van der Waals surface area contributed by atoms with E-state index in [9.17, 15) is 9.59 Å². The molecule has 2 amide bonds. The smallest absolute Gasteiger partial charge is 0.233 e. The van der Waals surface area contributed by atoms with E-state index >= 15 is 0 Å². The Labute approximate surface area is 277 Å². The van der Waals surface area contributed by atoms with Crippen molar-refractivity contribution < 1.29 is 19.1 Å². The molecule has 0 aliphatic carbocycles. The number of hydrogen-bond donors (Lipinski definition) is 2. The third-order valence-electron chi connectivity index (χ3n) is 8.10. The fraction of sp³-hybridized carbons (Fsp3) is 0.220. The number of carbonyl (C=O) groups excluding carboxylic acids is 2. The van der Waals surface area contributed by atoms with Crippen LogP contribution < -0.4 is 20.1 Å². The van der Waals surface area contributed by atoms with Crippen LogP contribution in [0.4, 0.5) is 0 Å². The minimum Gasteiger partial charge on any atom is -0.493 e. The lowest BCUT2D eigenvalue weighted by Gasteiger charge is -2.27. The monoisotopic (exact) mass is 626 g/mol. The predicted octanol–water partition coefficient (Wildman–Crippen LogP) is 8.02. The summed E-state index contributed by atoms with van der Waals surface area (Å²) in [6.45, 7) is 4.79. The van der Waals surface area contributed by atoms with Gasteiger partial charge in [0.1, 0.15) is 6.17 Å². The van der Waals surface area contributed by atoms with Crippen LogP contribution in [0.25, 0.3) is 0 Å². The summed E-state index contributed by atoms with van der Waals surface area (Å²) in [6.07, 6.45) is -0.00569. The molecular weight excluding hydrogens is 584 g/mol. The van der Waals surface area contributed by atoms with Crippen LogP contribution in [0, 0.1) is 5.92 Å². The molecule has 0 bridgehead atoms. The van der Waals surface area contributed by atoms with Gasteiger partial charge < -0.3 is 20.1 Å². The lowest BCUT2D eigenvalue weighted by molar-refractivity contribution is -0.125. The molecule has 0 aliphatic rings. The topological polar surface area (TPSA) is 76.7 Å². The molecule has 5 aromatic rings. The third-order valence-corrected chi connectivity index (χ3v) is 8.10. The molecule has 0 radical (unpaired) electrons. The summed E-state index contributed by atoms with van der Waals surface area (Å²) in [4.78, 5) is 28.7. The maximum Gasteiger partial charge on any atom is 0.233 e. The van der Waals surface area contributed by atoms with E-state index in [0.29, 0.717) is 29.6 Å². The first-order chi connectivity index (χ1) is 22.9. The normalized spacial score (nSPS) is 11.1. The molecule has 0 atom stereocenters. The van der Waals surface area contributed by atoms with Crippen molar-refractivity contribution in [3.05, 3.63) is 167 Å².